The van der Waals surface area contributed by atoms with Gasteiger partial charge in [-0.1, -0.05) is 11.6 Å². The SMILES string of the molecule is Cc1ccc(OC2CCCCO2)c(Cl)n1. The zero-order valence-corrected chi connectivity index (χ0v) is 9.46. The van der Waals surface area contributed by atoms with Crippen molar-refractivity contribution in [1.29, 1.82) is 0 Å². The number of nitrogens with zero attached hydrogens (tertiary/aromatic N) is 1. The zero-order chi connectivity index (χ0) is 10.7. The largest absolute Gasteiger partial charge is 0.462 e. The average Bonchev–Trinajstić information content (AvgIpc) is 2.24. The second-order valence-corrected chi connectivity index (χ2v) is 4.01. The monoisotopic (exact) mass is 227 g/mol. The number of pyridine rings is 1. The van der Waals surface area contributed by atoms with E-state index in [2.05, 4.69) is 4.98 Å². The fourth-order valence-electron chi connectivity index (χ4n) is 1.55. The lowest BCUT2D eigenvalue weighted by atomic mass is 10.2. The van der Waals surface area contributed by atoms with Gasteiger partial charge in [-0.15, -0.1) is 0 Å². The Kier molecular flexibility index (Phi) is 3.44. The van der Waals surface area contributed by atoms with E-state index in [0.29, 0.717) is 10.9 Å². The average molecular weight is 228 g/mol. The van der Waals surface area contributed by atoms with Gasteiger partial charge in [0, 0.05) is 12.1 Å². The van der Waals surface area contributed by atoms with Gasteiger partial charge in [0.2, 0.25) is 0 Å². The minimum Gasteiger partial charge on any atom is -0.462 e. The van der Waals surface area contributed by atoms with Crippen molar-refractivity contribution in [1.82, 2.24) is 4.98 Å². The van der Waals surface area contributed by atoms with Gasteiger partial charge >= 0.3 is 0 Å². The van der Waals surface area contributed by atoms with Gasteiger partial charge in [0.15, 0.2) is 17.2 Å². The molecule has 3 nitrogen and oxygen atoms in total. The Hall–Kier alpha value is -0.800. The Morgan fingerprint density at radius 2 is 2.33 bits per heavy atom. The molecule has 1 atom stereocenters. The molecule has 1 aliphatic rings. The van der Waals surface area contributed by atoms with Crippen LogP contribution in [0.4, 0.5) is 0 Å². The Balaban J connectivity index is 2.03. The quantitative estimate of drug-likeness (QED) is 0.728. The van der Waals surface area contributed by atoms with Crippen molar-refractivity contribution in [3.63, 3.8) is 0 Å². The van der Waals surface area contributed by atoms with Gasteiger partial charge in [-0.05, 0) is 31.9 Å². The molecule has 1 aliphatic heterocycles. The maximum Gasteiger partial charge on any atom is 0.199 e. The number of hydrogen-bond donors (Lipinski definition) is 0. The number of ether oxygens (including phenoxy) is 2. The van der Waals surface area contributed by atoms with Crippen molar-refractivity contribution >= 4 is 11.6 Å². The van der Waals surface area contributed by atoms with Crippen molar-refractivity contribution < 1.29 is 9.47 Å². The molecule has 0 radical (unpaired) electrons. The van der Waals surface area contributed by atoms with Crippen LogP contribution < -0.4 is 4.74 Å². The summed E-state index contributed by atoms with van der Waals surface area (Å²) in [5.41, 5.74) is 0.886. The van der Waals surface area contributed by atoms with Crippen molar-refractivity contribution in [3.8, 4) is 5.75 Å². The number of halogens is 1. The van der Waals surface area contributed by atoms with Gasteiger partial charge in [-0.3, -0.25) is 0 Å². The Bertz CT molecular complexity index is 337. The Morgan fingerprint density at radius 1 is 1.47 bits per heavy atom. The van der Waals surface area contributed by atoms with Gasteiger partial charge < -0.3 is 9.47 Å². The van der Waals surface area contributed by atoms with Crippen molar-refractivity contribution in [2.45, 2.75) is 32.5 Å². The molecule has 2 rings (SSSR count). The predicted molar refractivity (Wildman–Crippen MR) is 58.2 cm³/mol. The van der Waals surface area contributed by atoms with Crippen LogP contribution in [-0.2, 0) is 4.74 Å². The van der Waals surface area contributed by atoms with Gasteiger partial charge in [0.1, 0.15) is 0 Å². The molecule has 1 unspecified atom stereocenters. The van der Waals surface area contributed by atoms with E-state index < -0.39 is 0 Å². The first-order valence-electron chi connectivity index (χ1n) is 5.17. The van der Waals surface area contributed by atoms with Crippen LogP contribution in [0.15, 0.2) is 12.1 Å². The minimum atomic E-state index is -0.166. The molecule has 0 aromatic carbocycles. The van der Waals surface area contributed by atoms with Crippen LogP contribution in [0.25, 0.3) is 0 Å². The molecule has 1 saturated heterocycles. The van der Waals surface area contributed by atoms with Crippen LogP contribution in [0, 0.1) is 6.92 Å². The molecular weight excluding hydrogens is 214 g/mol. The second kappa shape index (κ2) is 4.81. The highest BCUT2D eigenvalue weighted by molar-refractivity contribution is 6.30. The highest BCUT2D eigenvalue weighted by Crippen LogP contribution is 2.25. The standard InChI is InChI=1S/C11H14ClNO2/c1-8-5-6-9(11(12)13-8)15-10-4-2-3-7-14-10/h5-6,10H,2-4,7H2,1H3. The summed E-state index contributed by atoms with van der Waals surface area (Å²) in [5.74, 6) is 0.606. The first kappa shape index (κ1) is 10.7. The zero-order valence-electron chi connectivity index (χ0n) is 8.70. The number of aromatic nitrogens is 1. The summed E-state index contributed by atoms with van der Waals surface area (Å²) in [6.07, 6.45) is 3.01. The lowest BCUT2D eigenvalue weighted by molar-refractivity contribution is -0.106. The maximum absolute atomic E-state index is 5.96. The van der Waals surface area contributed by atoms with Crippen molar-refractivity contribution in [3.05, 3.63) is 23.0 Å². The van der Waals surface area contributed by atoms with Gasteiger partial charge in [0.05, 0.1) is 6.61 Å². The summed E-state index contributed by atoms with van der Waals surface area (Å²) < 4.78 is 11.1. The highest BCUT2D eigenvalue weighted by Gasteiger charge is 2.16. The summed E-state index contributed by atoms with van der Waals surface area (Å²) in [4.78, 5) is 4.12. The van der Waals surface area contributed by atoms with Crippen LogP contribution in [0.3, 0.4) is 0 Å². The molecule has 0 bridgehead atoms. The molecule has 1 fully saturated rings. The van der Waals surface area contributed by atoms with Crippen LogP contribution in [-0.4, -0.2) is 17.9 Å². The molecule has 15 heavy (non-hydrogen) atoms. The van der Waals surface area contributed by atoms with Gasteiger partial charge in [0.25, 0.3) is 0 Å². The van der Waals surface area contributed by atoms with E-state index in [1.807, 2.05) is 19.1 Å². The molecule has 0 aliphatic carbocycles. The van der Waals surface area contributed by atoms with E-state index in [-0.39, 0.29) is 6.29 Å². The first-order valence-corrected chi connectivity index (χ1v) is 5.55. The molecule has 0 amide bonds. The fraction of sp³-hybridized carbons (Fsp3) is 0.545. The highest BCUT2D eigenvalue weighted by atomic mass is 35.5. The third-order valence-electron chi connectivity index (χ3n) is 2.35. The summed E-state index contributed by atoms with van der Waals surface area (Å²) in [6.45, 7) is 2.66. The smallest absolute Gasteiger partial charge is 0.199 e. The third-order valence-corrected chi connectivity index (χ3v) is 2.62. The summed E-state index contributed by atoms with van der Waals surface area (Å²) in [6, 6.07) is 3.71. The van der Waals surface area contributed by atoms with E-state index in [1.165, 1.54) is 0 Å². The minimum absolute atomic E-state index is 0.166. The van der Waals surface area contributed by atoms with Crippen LogP contribution in [0.1, 0.15) is 25.0 Å². The molecular formula is C11H14ClNO2. The second-order valence-electron chi connectivity index (χ2n) is 3.66. The maximum atomic E-state index is 5.96. The Labute approximate surface area is 94.4 Å². The van der Waals surface area contributed by atoms with Gasteiger partial charge in [-0.2, -0.15) is 0 Å². The molecule has 2 heterocycles. The van der Waals surface area contributed by atoms with E-state index in [1.54, 1.807) is 0 Å². The van der Waals surface area contributed by atoms with Crippen LogP contribution in [0.5, 0.6) is 5.75 Å². The molecule has 82 valence electrons. The number of hydrogen-bond acceptors (Lipinski definition) is 3. The summed E-state index contributed by atoms with van der Waals surface area (Å²) in [7, 11) is 0. The molecule has 1 aromatic rings. The summed E-state index contributed by atoms with van der Waals surface area (Å²) in [5, 5.41) is 0.407. The number of aryl methyl sites for hydroxylation is 1. The number of rotatable bonds is 2. The topological polar surface area (TPSA) is 31.4 Å². The van der Waals surface area contributed by atoms with Crippen LogP contribution in [0.2, 0.25) is 5.15 Å². The molecule has 1 aromatic heterocycles. The molecule has 0 N–H and O–H groups in total. The third kappa shape index (κ3) is 2.83. The molecule has 4 heteroatoms. The Morgan fingerprint density at radius 3 is 3.00 bits per heavy atom. The first-order chi connectivity index (χ1) is 7.25. The van der Waals surface area contributed by atoms with E-state index in [0.717, 1.165) is 31.6 Å². The van der Waals surface area contributed by atoms with Crippen LogP contribution >= 0.6 is 11.6 Å². The summed E-state index contributed by atoms with van der Waals surface area (Å²) >= 11 is 5.96. The predicted octanol–water partition coefficient (Wildman–Crippen LogP) is 2.95. The lowest BCUT2D eigenvalue weighted by Gasteiger charge is -2.23. The normalized spacial score (nSPS) is 21.3. The lowest BCUT2D eigenvalue weighted by Crippen LogP contribution is -2.25. The fourth-order valence-corrected chi connectivity index (χ4v) is 1.79. The van der Waals surface area contributed by atoms with E-state index in [9.17, 15) is 0 Å². The van der Waals surface area contributed by atoms with Gasteiger partial charge in [-0.25, -0.2) is 4.98 Å². The molecule has 0 spiro atoms. The van der Waals surface area contributed by atoms with Crippen molar-refractivity contribution in [2.24, 2.45) is 0 Å². The van der Waals surface area contributed by atoms with Crippen molar-refractivity contribution in [2.75, 3.05) is 6.61 Å². The van der Waals surface area contributed by atoms with E-state index >= 15 is 0 Å². The molecule has 0 saturated carbocycles. The van der Waals surface area contributed by atoms with E-state index in [4.69, 9.17) is 21.1 Å².